The van der Waals surface area contributed by atoms with Gasteiger partial charge in [-0.1, -0.05) is 86.3 Å². The van der Waals surface area contributed by atoms with E-state index in [-0.39, 0.29) is 5.91 Å². The number of hydrogen-bond acceptors (Lipinski definition) is 3. The maximum absolute atomic E-state index is 11.6. The first-order valence-corrected chi connectivity index (χ1v) is 14.0. The Balaban J connectivity index is 0.000000225. The van der Waals surface area contributed by atoms with E-state index in [1.807, 2.05) is 30.3 Å². The van der Waals surface area contributed by atoms with E-state index in [0.717, 1.165) is 24.1 Å². The minimum Gasteiger partial charge on any atom is -0.385 e. The number of aliphatic hydroxyl groups is 1. The minimum atomic E-state index is -0.626. The number of carbonyl (C=O) groups excluding carboxylic acids is 1. The molecule has 0 radical (unpaired) electrons. The third-order valence-electron chi connectivity index (χ3n) is 7.47. The van der Waals surface area contributed by atoms with Crippen molar-refractivity contribution in [1.82, 2.24) is 10.2 Å². The molecule has 35 heavy (non-hydrogen) atoms. The van der Waals surface area contributed by atoms with Gasteiger partial charge >= 0.3 is 0 Å². The van der Waals surface area contributed by atoms with Gasteiger partial charge in [0.15, 0.2) is 0 Å². The normalized spacial score (nSPS) is 18.7. The molecule has 1 unspecified atom stereocenters. The number of piperidine rings is 1. The molecule has 1 saturated heterocycles. The Hall–Kier alpha value is -1.88. The second-order valence-corrected chi connectivity index (χ2v) is 10.4. The molecule has 1 aliphatic heterocycles. The maximum Gasteiger partial charge on any atom is 0.221 e. The van der Waals surface area contributed by atoms with Crippen LogP contribution in [-0.2, 0) is 16.9 Å². The first-order valence-electron chi connectivity index (χ1n) is 13.5. The van der Waals surface area contributed by atoms with Crippen LogP contribution in [0, 0.1) is 5.92 Å². The molecule has 1 atom stereocenters. The van der Waals surface area contributed by atoms with E-state index < -0.39 is 5.60 Å². The highest BCUT2D eigenvalue weighted by atomic mass is 35.5. The average Bonchev–Trinajstić information content (AvgIpc) is 2.93. The first kappa shape index (κ1) is 27.7. The molecule has 0 spiro atoms. The van der Waals surface area contributed by atoms with Crippen molar-refractivity contribution in [1.29, 1.82) is 0 Å². The lowest BCUT2D eigenvalue weighted by atomic mass is 9.71. The molecule has 4 rings (SSSR count). The van der Waals surface area contributed by atoms with E-state index in [2.05, 4.69) is 40.5 Å². The van der Waals surface area contributed by atoms with Gasteiger partial charge in [0.1, 0.15) is 0 Å². The number of alkyl halides is 1. The molecule has 0 bridgehead atoms. The van der Waals surface area contributed by atoms with Gasteiger partial charge in [-0.05, 0) is 62.2 Å². The standard InChI is InChI=1S/C20H31NO.C10H12ClNO/c22-20(18-10-4-1-5-11-18,19-12-6-2-7-13-19)14-17-21-15-8-3-9-16-21;11-7-6-10(13)12-8-9-4-2-1-3-5-9/h1,4-5,10-11,19,22H,2-3,6-9,12-17H2;1-5H,6-8H2,(H,12,13). The van der Waals surface area contributed by atoms with Crippen LogP contribution in [0.1, 0.15) is 75.3 Å². The second kappa shape index (κ2) is 15.3. The number of nitrogens with zero attached hydrogens (tertiary/aromatic N) is 1. The summed E-state index contributed by atoms with van der Waals surface area (Å²) in [6.07, 6.45) is 11.6. The van der Waals surface area contributed by atoms with Gasteiger partial charge in [0.25, 0.3) is 0 Å². The predicted octanol–water partition coefficient (Wildman–Crippen LogP) is 6.26. The van der Waals surface area contributed by atoms with Crippen molar-refractivity contribution in [2.45, 2.75) is 76.4 Å². The second-order valence-electron chi connectivity index (χ2n) is 9.98. The summed E-state index contributed by atoms with van der Waals surface area (Å²) in [7, 11) is 0. The van der Waals surface area contributed by atoms with Gasteiger partial charge in [-0.25, -0.2) is 0 Å². The fourth-order valence-corrected chi connectivity index (χ4v) is 5.55. The Morgan fingerprint density at radius 3 is 2.14 bits per heavy atom. The molecular weight excluding hydrogens is 456 g/mol. The average molecular weight is 499 g/mol. The summed E-state index contributed by atoms with van der Waals surface area (Å²) in [6.45, 7) is 4.06. The van der Waals surface area contributed by atoms with Crippen molar-refractivity contribution < 1.29 is 9.90 Å². The summed E-state index contributed by atoms with van der Waals surface area (Å²) >= 11 is 5.42. The number of halogens is 1. The lowest BCUT2D eigenvalue weighted by Crippen LogP contribution is -2.41. The van der Waals surface area contributed by atoms with Crippen LogP contribution in [-0.4, -0.2) is 41.4 Å². The Bertz CT molecular complexity index is 836. The molecule has 1 amide bonds. The lowest BCUT2D eigenvalue weighted by molar-refractivity contribution is -0.120. The number of amides is 1. The van der Waals surface area contributed by atoms with Crippen molar-refractivity contribution in [3.63, 3.8) is 0 Å². The number of hydrogen-bond donors (Lipinski definition) is 2. The highest BCUT2D eigenvalue weighted by Crippen LogP contribution is 2.41. The molecule has 2 aromatic carbocycles. The molecule has 2 aliphatic rings. The smallest absolute Gasteiger partial charge is 0.221 e. The van der Waals surface area contributed by atoms with Gasteiger partial charge in [-0.15, -0.1) is 11.6 Å². The monoisotopic (exact) mass is 498 g/mol. The van der Waals surface area contributed by atoms with Crippen molar-refractivity contribution in [3.8, 4) is 0 Å². The molecule has 1 heterocycles. The SMILES string of the molecule is O=C(CCCl)NCc1ccccc1.OC(CCN1CCCCC1)(c1ccccc1)C1CCCCC1. The fourth-order valence-electron chi connectivity index (χ4n) is 5.37. The zero-order valence-corrected chi connectivity index (χ0v) is 21.9. The summed E-state index contributed by atoms with van der Waals surface area (Å²) in [6, 6.07) is 20.2. The van der Waals surface area contributed by atoms with E-state index in [4.69, 9.17) is 11.6 Å². The van der Waals surface area contributed by atoms with E-state index in [0.29, 0.717) is 24.8 Å². The Morgan fingerprint density at radius 2 is 1.51 bits per heavy atom. The van der Waals surface area contributed by atoms with Crippen molar-refractivity contribution in [2.75, 3.05) is 25.5 Å². The molecule has 192 valence electrons. The predicted molar refractivity (Wildman–Crippen MR) is 145 cm³/mol. The van der Waals surface area contributed by atoms with Gasteiger partial charge in [-0.3, -0.25) is 4.79 Å². The summed E-state index contributed by atoms with van der Waals surface area (Å²) in [4.78, 5) is 13.6. The topological polar surface area (TPSA) is 52.6 Å². The van der Waals surface area contributed by atoms with Crippen LogP contribution in [0.25, 0.3) is 0 Å². The van der Waals surface area contributed by atoms with E-state index in [1.54, 1.807) is 0 Å². The van der Waals surface area contributed by atoms with Crippen molar-refractivity contribution >= 4 is 17.5 Å². The Labute approximate surface area is 217 Å². The lowest BCUT2D eigenvalue weighted by Gasteiger charge is -2.40. The molecule has 2 aromatic rings. The highest BCUT2D eigenvalue weighted by Gasteiger charge is 2.38. The van der Waals surface area contributed by atoms with Crippen LogP contribution in [0.15, 0.2) is 60.7 Å². The number of likely N-dealkylation sites (tertiary alicyclic amines) is 1. The molecule has 1 saturated carbocycles. The molecule has 5 heteroatoms. The van der Waals surface area contributed by atoms with Crippen LogP contribution in [0.5, 0.6) is 0 Å². The largest absolute Gasteiger partial charge is 0.385 e. The molecular formula is C30H43ClN2O2. The third-order valence-corrected chi connectivity index (χ3v) is 7.66. The number of rotatable bonds is 9. The molecule has 2 fully saturated rings. The first-order chi connectivity index (χ1) is 17.1. The third kappa shape index (κ3) is 9.25. The summed E-state index contributed by atoms with van der Waals surface area (Å²) in [5.74, 6) is 0.813. The van der Waals surface area contributed by atoms with E-state index >= 15 is 0 Å². The van der Waals surface area contributed by atoms with Crippen LogP contribution >= 0.6 is 11.6 Å². The molecule has 4 nitrogen and oxygen atoms in total. The van der Waals surface area contributed by atoms with Crippen LogP contribution in [0.2, 0.25) is 0 Å². The van der Waals surface area contributed by atoms with Crippen LogP contribution in [0.3, 0.4) is 0 Å². The van der Waals surface area contributed by atoms with E-state index in [9.17, 15) is 9.90 Å². The van der Waals surface area contributed by atoms with Crippen LogP contribution in [0.4, 0.5) is 0 Å². The summed E-state index contributed by atoms with van der Waals surface area (Å²) in [5.41, 5.74) is 1.61. The fraction of sp³-hybridized carbons (Fsp3) is 0.567. The molecule has 1 aliphatic carbocycles. The highest BCUT2D eigenvalue weighted by molar-refractivity contribution is 6.18. The number of benzene rings is 2. The zero-order chi connectivity index (χ0) is 24.8. The van der Waals surface area contributed by atoms with Gasteiger partial charge < -0.3 is 15.3 Å². The van der Waals surface area contributed by atoms with Gasteiger partial charge in [0, 0.05) is 25.4 Å². The Kier molecular flexibility index (Phi) is 12.1. The molecule has 2 N–H and O–H groups in total. The number of nitrogens with one attached hydrogen (secondary N) is 1. The quantitative estimate of drug-likeness (QED) is 0.401. The molecule has 0 aromatic heterocycles. The zero-order valence-electron chi connectivity index (χ0n) is 21.1. The van der Waals surface area contributed by atoms with Gasteiger partial charge in [0.2, 0.25) is 5.91 Å². The van der Waals surface area contributed by atoms with Crippen molar-refractivity contribution in [2.24, 2.45) is 5.92 Å². The maximum atomic E-state index is 11.6. The summed E-state index contributed by atoms with van der Waals surface area (Å²) < 4.78 is 0. The minimum absolute atomic E-state index is 0.00106. The van der Waals surface area contributed by atoms with Crippen LogP contribution < -0.4 is 5.32 Å². The van der Waals surface area contributed by atoms with Crippen molar-refractivity contribution in [3.05, 3.63) is 71.8 Å². The Morgan fingerprint density at radius 1 is 0.914 bits per heavy atom. The van der Waals surface area contributed by atoms with Gasteiger partial charge in [-0.2, -0.15) is 0 Å². The summed E-state index contributed by atoms with van der Waals surface area (Å²) in [5, 5.41) is 14.4. The van der Waals surface area contributed by atoms with E-state index in [1.165, 1.54) is 64.5 Å². The number of carbonyl (C=O) groups is 1. The van der Waals surface area contributed by atoms with Gasteiger partial charge in [0.05, 0.1) is 5.60 Å².